The van der Waals surface area contributed by atoms with Crippen molar-refractivity contribution < 1.29 is 4.79 Å². The van der Waals surface area contributed by atoms with Crippen LogP contribution in [0.25, 0.3) is 0 Å². The van der Waals surface area contributed by atoms with Gasteiger partial charge in [-0.25, -0.2) is 0 Å². The van der Waals surface area contributed by atoms with E-state index < -0.39 is 0 Å². The Morgan fingerprint density at radius 3 is 2.58 bits per heavy atom. The van der Waals surface area contributed by atoms with Crippen LogP contribution in [0.1, 0.15) is 18.1 Å². The van der Waals surface area contributed by atoms with Gasteiger partial charge in [0.25, 0.3) is 0 Å². The maximum atomic E-state index is 12.2. The Balaban J connectivity index is 1.97. The van der Waals surface area contributed by atoms with Gasteiger partial charge in [0.2, 0.25) is 5.91 Å². The standard InChI is InChI=1S/C15H22N2OS/c1-11-4-5-14(10-12(11)2)16-15(18)13(3)17-6-8-19-9-7-17/h4-5,10,13H,6-9H2,1-3H3,(H,16,18). The van der Waals surface area contributed by atoms with Crippen LogP contribution in [-0.4, -0.2) is 41.4 Å². The summed E-state index contributed by atoms with van der Waals surface area (Å²) >= 11 is 1.96. The van der Waals surface area contributed by atoms with E-state index in [1.807, 2.05) is 36.9 Å². The first-order valence-electron chi connectivity index (χ1n) is 6.78. The molecule has 0 aliphatic carbocycles. The maximum Gasteiger partial charge on any atom is 0.241 e. The predicted octanol–water partition coefficient (Wildman–Crippen LogP) is 2.68. The van der Waals surface area contributed by atoms with Gasteiger partial charge in [-0.15, -0.1) is 0 Å². The molecule has 0 aromatic heterocycles. The second-order valence-corrected chi connectivity index (χ2v) is 6.34. The second-order valence-electron chi connectivity index (χ2n) is 5.11. The van der Waals surface area contributed by atoms with E-state index in [1.54, 1.807) is 0 Å². The molecule has 1 aromatic rings. The van der Waals surface area contributed by atoms with E-state index in [2.05, 4.69) is 24.1 Å². The van der Waals surface area contributed by atoms with Gasteiger partial charge in [-0.3, -0.25) is 9.69 Å². The second kappa shape index (κ2) is 6.44. The lowest BCUT2D eigenvalue weighted by atomic mass is 10.1. The van der Waals surface area contributed by atoms with Gasteiger partial charge in [-0.05, 0) is 44.0 Å². The molecule has 2 rings (SSSR count). The summed E-state index contributed by atoms with van der Waals surface area (Å²) in [5.74, 6) is 2.35. The Morgan fingerprint density at radius 2 is 1.95 bits per heavy atom. The topological polar surface area (TPSA) is 32.3 Å². The summed E-state index contributed by atoms with van der Waals surface area (Å²) in [4.78, 5) is 14.5. The summed E-state index contributed by atoms with van der Waals surface area (Å²) in [7, 11) is 0. The molecular formula is C15H22N2OS. The average molecular weight is 278 g/mol. The lowest BCUT2D eigenvalue weighted by Crippen LogP contribution is -2.46. The molecule has 0 saturated carbocycles. The Bertz CT molecular complexity index is 455. The molecule has 1 fully saturated rings. The summed E-state index contributed by atoms with van der Waals surface area (Å²) in [6.07, 6.45) is 0. The normalized spacial score (nSPS) is 18.1. The monoisotopic (exact) mass is 278 g/mol. The summed E-state index contributed by atoms with van der Waals surface area (Å²) in [5, 5.41) is 3.02. The SMILES string of the molecule is Cc1ccc(NC(=O)C(C)N2CCSCC2)cc1C. The summed E-state index contributed by atoms with van der Waals surface area (Å²) in [6.45, 7) is 8.15. The van der Waals surface area contributed by atoms with Crippen LogP contribution in [0, 0.1) is 13.8 Å². The molecule has 3 nitrogen and oxygen atoms in total. The highest BCUT2D eigenvalue weighted by Crippen LogP contribution is 2.16. The molecule has 19 heavy (non-hydrogen) atoms. The third-order valence-electron chi connectivity index (χ3n) is 3.75. The molecule has 0 bridgehead atoms. The highest BCUT2D eigenvalue weighted by Gasteiger charge is 2.22. The molecule has 1 N–H and O–H groups in total. The summed E-state index contributed by atoms with van der Waals surface area (Å²) < 4.78 is 0. The fourth-order valence-corrected chi connectivity index (χ4v) is 3.13. The molecule has 1 aromatic carbocycles. The molecule has 1 unspecified atom stereocenters. The highest BCUT2D eigenvalue weighted by atomic mass is 32.2. The van der Waals surface area contributed by atoms with Crippen molar-refractivity contribution in [2.45, 2.75) is 26.8 Å². The first-order valence-corrected chi connectivity index (χ1v) is 7.93. The van der Waals surface area contributed by atoms with Crippen LogP contribution in [0.3, 0.4) is 0 Å². The van der Waals surface area contributed by atoms with Crippen LogP contribution >= 0.6 is 11.8 Å². The van der Waals surface area contributed by atoms with Crippen molar-refractivity contribution >= 4 is 23.4 Å². The largest absolute Gasteiger partial charge is 0.325 e. The van der Waals surface area contributed by atoms with Crippen LogP contribution in [0.2, 0.25) is 0 Å². The number of hydrogen-bond donors (Lipinski definition) is 1. The summed E-state index contributed by atoms with van der Waals surface area (Å²) in [6, 6.07) is 6.00. The van der Waals surface area contributed by atoms with E-state index in [4.69, 9.17) is 0 Å². The van der Waals surface area contributed by atoms with Gasteiger partial charge in [0, 0.05) is 30.3 Å². The number of anilines is 1. The molecule has 104 valence electrons. The minimum absolute atomic E-state index is 0.0532. The van der Waals surface area contributed by atoms with E-state index in [0.717, 1.165) is 30.3 Å². The third-order valence-corrected chi connectivity index (χ3v) is 4.69. The van der Waals surface area contributed by atoms with Crippen molar-refractivity contribution in [1.29, 1.82) is 0 Å². The van der Waals surface area contributed by atoms with E-state index in [0.29, 0.717) is 0 Å². The van der Waals surface area contributed by atoms with Crippen molar-refractivity contribution in [2.24, 2.45) is 0 Å². The number of aryl methyl sites for hydroxylation is 2. The van der Waals surface area contributed by atoms with Crippen LogP contribution < -0.4 is 5.32 Å². The quantitative estimate of drug-likeness (QED) is 0.922. The predicted molar refractivity (Wildman–Crippen MR) is 82.9 cm³/mol. The Morgan fingerprint density at radius 1 is 1.26 bits per heavy atom. The number of thioether (sulfide) groups is 1. The zero-order valence-electron chi connectivity index (χ0n) is 11.9. The highest BCUT2D eigenvalue weighted by molar-refractivity contribution is 7.99. The zero-order chi connectivity index (χ0) is 13.8. The Kier molecular flexibility index (Phi) is 4.88. The van der Waals surface area contributed by atoms with Gasteiger partial charge in [0.05, 0.1) is 6.04 Å². The summed E-state index contributed by atoms with van der Waals surface area (Å²) in [5.41, 5.74) is 3.35. The van der Waals surface area contributed by atoms with Crippen molar-refractivity contribution in [3.05, 3.63) is 29.3 Å². The molecule has 1 aliphatic heterocycles. The zero-order valence-corrected chi connectivity index (χ0v) is 12.7. The van der Waals surface area contributed by atoms with Crippen LogP contribution in [-0.2, 0) is 4.79 Å². The van der Waals surface area contributed by atoms with Crippen molar-refractivity contribution in [3.63, 3.8) is 0 Å². The molecule has 1 amide bonds. The number of nitrogens with zero attached hydrogens (tertiary/aromatic N) is 1. The number of carbonyl (C=O) groups is 1. The number of amides is 1. The fraction of sp³-hybridized carbons (Fsp3) is 0.533. The molecule has 0 radical (unpaired) electrons. The van der Waals surface area contributed by atoms with Gasteiger partial charge >= 0.3 is 0 Å². The molecule has 1 saturated heterocycles. The minimum atomic E-state index is -0.0532. The fourth-order valence-electron chi connectivity index (χ4n) is 2.20. The smallest absolute Gasteiger partial charge is 0.241 e. The van der Waals surface area contributed by atoms with Crippen molar-refractivity contribution in [1.82, 2.24) is 4.90 Å². The first kappa shape index (κ1) is 14.4. The van der Waals surface area contributed by atoms with E-state index >= 15 is 0 Å². The first-order chi connectivity index (χ1) is 9.08. The van der Waals surface area contributed by atoms with Crippen molar-refractivity contribution in [2.75, 3.05) is 29.9 Å². The van der Waals surface area contributed by atoms with Gasteiger partial charge in [0.1, 0.15) is 0 Å². The number of benzene rings is 1. The number of rotatable bonds is 3. The number of hydrogen-bond acceptors (Lipinski definition) is 3. The van der Waals surface area contributed by atoms with E-state index in [1.165, 1.54) is 11.1 Å². The molecular weight excluding hydrogens is 256 g/mol. The van der Waals surface area contributed by atoms with Gasteiger partial charge in [0.15, 0.2) is 0 Å². The number of nitrogens with one attached hydrogen (secondary N) is 1. The average Bonchev–Trinajstić information content (AvgIpc) is 2.43. The molecule has 0 spiro atoms. The lowest BCUT2D eigenvalue weighted by Gasteiger charge is -2.31. The third kappa shape index (κ3) is 3.74. The van der Waals surface area contributed by atoms with Gasteiger partial charge in [-0.2, -0.15) is 11.8 Å². The van der Waals surface area contributed by atoms with Gasteiger partial charge < -0.3 is 5.32 Å². The molecule has 1 aliphatic rings. The lowest BCUT2D eigenvalue weighted by molar-refractivity contribution is -0.120. The van der Waals surface area contributed by atoms with Crippen LogP contribution in [0.5, 0.6) is 0 Å². The molecule has 1 atom stereocenters. The molecule has 4 heteroatoms. The van der Waals surface area contributed by atoms with E-state index in [9.17, 15) is 4.79 Å². The van der Waals surface area contributed by atoms with Gasteiger partial charge in [-0.1, -0.05) is 6.07 Å². The van der Waals surface area contributed by atoms with Crippen LogP contribution in [0.4, 0.5) is 5.69 Å². The molecule has 1 heterocycles. The maximum absolute atomic E-state index is 12.2. The minimum Gasteiger partial charge on any atom is -0.325 e. The number of carbonyl (C=O) groups excluding carboxylic acids is 1. The van der Waals surface area contributed by atoms with Crippen LogP contribution in [0.15, 0.2) is 18.2 Å². The van der Waals surface area contributed by atoms with Crippen molar-refractivity contribution in [3.8, 4) is 0 Å². The Hall–Kier alpha value is -1.00. The Labute approximate surface area is 119 Å². The van der Waals surface area contributed by atoms with E-state index in [-0.39, 0.29) is 11.9 Å².